The van der Waals surface area contributed by atoms with Crippen LogP contribution in [0, 0.1) is 0 Å². The summed E-state index contributed by atoms with van der Waals surface area (Å²) in [6.07, 6.45) is 1.62. The van der Waals surface area contributed by atoms with Gasteiger partial charge in [0.2, 0.25) is 0 Å². The Hall–Kier alpha value is -1.84. The van der Waals surface area contributed by atoms with E-state index in [1.54, 1.807) is 18.3 Å². The van der Waals surface area contributed by atoms with E-state index < -0.39 is 0 Å². The van der Waals surface area contributed by atoms with Crippen LogP contribution in [0.4, 0.5) is 11.6 Å². The second kappa shape index (κ2) is 2.34. The molecule has 0 aliphatic heterocycles. The molecule has 60 valence electrons. The first-order valence-corrected chi connectivity index (χ1v) is 3.54. The molecule has 12 heavy (non-hydrogen) atoms. The first kappa shape index (κ1) is 6.84. The molecule has 0 aliphatic rings. The lowest BCUT2D eigenvalue weighted by Gasteiger charge is -1.99. The Morgan fingerprint density at radius 2 is 1.92 bits per heavy atom. The average molecular weight is 160 g/mol. The average Bonchev–Trinajstić information content (AvgIpc) is 2.04. The standard InChI is InChI=1S/C8H8N4/c9-7-2-1-5-6(12-7)3-4-11-8(5)10/h1-4H,(H2,9,12)(H2,10,11). The van der Waals surface area contributed by atoms with Gasteiger partial charge in [-0.1, -0.05) is 0 Å². The second-order valence-corrected chi connectivity index (χ2v) is 2.50. The summed E-state index contributed by atoms with van der Waals surface area (Å²) in [6.45, 7) is 0. The normalized spacial score (nSPS) is 10.3. The zero-order chi connectivity index (χ0) is 8.55. The van der Waals surface area contributed by atoms with Gasteiger partial charge in [0.1, 0.15) is 11.6 Å². The summed E-state index contributed by atoms with van der Waals surface area (Å²) in [5, 5.41) is 0.840. The molecule has 0 aromatic carbocycles. The fraction of sp³-hybridized carbons (Fsp3) is 0. The maximum Gasteiger partial charge on any atom is 0.132 e. The number of aromatic nitrogens is 2. The smallest absolute Gasteiger partial charge is 0.132 e. The highest BCUT2D eigenvalue weighted by Crippen LogP contribution is 2.17. The van der Waals surface area contributed by atoms with E-state index >= 15 is 0 Å². The van der Waals surface area contributed by atoms with Crippen molar-refractivity contribution in [3.63, 3.8) is 0 Å². The molecule has 0 radical (unpaired) electrons. The quantitative estimate of drug-likeness (QED) is 0.597. The lowest BCUT2D eigenvalue weighted by Crippen LogP contribution is -1.94. The molecule has 4 nitrogen and oxygen atoms in total. The number of nitrogens with zero attached hydrogens (tertiary/aromatic N) is 2. The summed E-state index contributed by atoms with van der Waals surface area (Å²) in [4.78, 5) is 8.03. The molecule has 0 saturated heterocycles. The molecule has 0 saturated carbocycles. The molecule has 2 aromatic rings. The third-order valence-electron chi connectivity index (χ3n) is 1.67. The molecule has 4 heteroatoms. The van der Waals surface area contributed by atoms with Crippen LogP contribution in [0.25, 0.3) is 10.9 Å². The third kappa shape index (κ3) is 0.934. The van der Waals surface area contributed by atoms with Crippen LogP contribution in [0.1, 0.15) is 0 Å². The van der Waals surface area contributed by atoms with Gasteiger partial charge < -0.3 is 11.5 Å². The van der Waals surface area contributed by atoms with Gasteiger partial charge in [-0.3, -0.25) is 0 Å². The molecule has 0 unspecified atom stereocenters. The Kier molecular flexibility index (Phi) is 1.33. The van der Waals surface area contributed by atoms with Crippen LogP contribution in [0.3, 0.4) is 0 Å². The minimum atomic E-state index is 0.486. The van der Waals surface area contributed by atoms with E-state index in [0.29, 0.717) is 11.6 Å². The number of hydrogen-bond donors (Lipinski definition) is 2. The fourth-order valence-corrected chi connectivity index (χ4v) is 1.09. The third-order valence-corrected chi connectivity index (χ3v) is 1.67. The van der Waals surface area contributed by atoms with Crippen molar-refractivity contribution in [2.75, 3.05) is 11.5 Å². The number of hydrogen-bond acceptors (Lipinski definition) is 4. The van der Waals surface area contributed by atoms with Gasteiger partial charge in [0.15, 0.2) is 0 Å². The summed E-state index contributed by atoms with van der Waals surface area (Å²) in [7, 11) is 0. The second-order valence-electron chi connectivity index (χ2n) is 2.50. The first-order valence-electron chi connectivity index (χ1n) is 3.54. The van der Waals surface area contributed by atoms with Crippen LogP contribution in [-0.4, -0.2) is 9.97 Å². The summed E-state index contributed by atoms with van der Waals surface area (Å²) in [5.41, 5.74) is 11.9. The van der Waals surface area contributed by atoms with Crippen LogP contribution >= 0.6 is 0 Å². The predicted molar refractivity (Wildman–Crippen MR) is 48.4 cm³/mol. The molecule has 0 aliphatic carbocycles. The molecule has 0 amide bonds. The van der Waals surface area contributed by atoms with Crippen LogP contribution in [0.15, 0.2) is 24.4 Å². The highest BCUT2D eigenvalue weighted by atomic mass is 14.9. The van der Waals surface area contributed by atoms with Crippen LogP contribution in [-0.2, 0) is 0 Å². The molecule has 4 N–H and O–H groups in total. The number of nitrogens with two attached hydrogens (primary N) is 2. The van der Waals surface area contributed by atoms with Crippen LogP contribution in [0.5, 0.6) is 0 Å². The molecule has 0 bridgehead atoms. The summed E-state index contributed by atoms with van der Waals surface area (Å²) >= 11 is 0. The van der Waals surface area contributed by atoms with E-state index in [-0.39, 0.29) is 0 Å². The topological polar surface area (TPSA) is 77.8 Å². The molecule has 0 atom stereocenters. The van der Waals surface area contributed by atoms with Gasteiger partial charge in [0, 0.05) is 11.6 Å². The number of nitrogen functional groups attached to an aromatic ring is 2. The van der Waals surface area contributed by atoms with Gasteiger partial charge in [0.05, 0.1) is 5.52 Å². The minimum Gasteiger partial charge on any atom is -0.384 e. The Labute approximate surface area is 69.2 Å². The number of anilines is 2. The summed E-state index contributed by atoms with van der Waals surface area (Å²) in [6, 6.07) is 5.31. The van der Waals surface area contributed by atoms with Crippen molar-refractivity contribution in [1.82, 2.24) is 9.97 Å². The summed E-state index contributed by atoms with van der Waals surface area (Å²) in [5.74, 6) is 0.980. The monoisotopic (exact) mass is 160 g/mol. The first-order chi connectivity index (χ1) is 5.77. The number of rotatable bonds is 0. The van der Waals surface area contributed by atoms with Gasteiger partial charge in [-0.15, -0.1) is 0 Å². The molecular weight excluding hydrogens is 152 g/mol. The van der Waals surface area contributed by atoms with E-state index in [4.69, 9.17) is 11.5 Å². The zero-order valence-corrected chi connectivity index (χ0v) is 6.36. The summed E-state index contributed by atoms with van der Waals surface area (Å²) < 4.78 is 0. The van der Waals surface area contributed by atoms with Crippen molar-refractivity contribution in [2.24, 2.45) is 0 Å². The maximum absolute atomic E-state index is 5.61. The van der Waals surface area contributed by atoms with Gasteiger partial charge >= 0.3 is 0 Å². The van der Waals surface area contributed by atoms with Crippen LogP contribution in [0.2, 0.25) is 0 Å². The van der Waals surface area contributed by atoms with Gasteiger partial charge in [-0.2, -0.15) is 0 Å². The van der Waals surface area contributed by atoms with Crippen molar-refractivity contribution in [1.29, 1.82) is 0 Å². The van der Waals surface area contributed by atoms with E-state index in [1.165, 1.54) is 0 Å². The van der Waals surface area contributed by atoms with Gasteiger partial charge in [-0.25, -0.2) is 9.97 Å². The maximum atomic E-state index is 5.61. The number of fused-ring (bicyclic) bond motifs is 1. The minimum absolute atomic E-state index is 0.486. The van der Waals surface area contributed by atoms with Gasteiger partial charge in [0.25, 0.3) is 0 Å². The number of pyridine rings is 2. The Balaban J connectivity index is 2.86. The van der Waals surface area contributed by atoms with Crippen molar-refractivity contribution in [3.05, 3.63) is 24.4 Å². The van der Waals surface area contributed by atoms with Crippen molar-refractivity contribution < 1.29 is 0 Å². The highest BCUT2D eigenvalue weighted by molar-refractivity contribution is 5.88. The van der Waals surface area contributed by atoms with E-state index in [1.807, 2.05) is 6.07 Å². The Morgan fingerprint density at radius 1 is 1.08 bits per heavy atom. The van der Waals surface area contributed by atoms with Crippen molar-refractivity contribution in [3.8, 4) is 0 Å². The van der Waals surface area contributed by atoms with Crippen molar-refractivity contribution in [2.45, 2.75) is 0 Å². The molecule has 0 fully saturated rings. The lowest BCUT2D eigenvalue weighted by molar-refractivity contribution is 1.33. The SMILES string of the molecule is Nc1ccc2c(N)nccc2n1. The Bertz CT molecular complexity index is 424. The lowest BCUT2D eigenvalue weighted by atomic mass is 10.2. The van der Waals surface area contributed by atoms with Crippen LogP contribution < -0.4 is 11.5 Å². The van der Waals surface area contributed by atoms with Crippen molar-refractivity contribution >= 4 is 22.5 Å². The Morgan fingerprint density at radius 3 is 2.75 bits per heavy atom. The van der Waals surface area contributed by atoms with E-state index in [9.17, 15) is 0 Å². The molecule has 2 heterocycles. The highest BCUT2D eigenvalue weighted by Gasteiger charge is 1.98. The largest absolute Gasteiger partial charge is 0.384 e. The zero-order valence-electron chi connectivity index (χ0n) is 6.36. The molecule has 2 rings (SSSR count). The van der Waals surface area contributed by atoms with E-state index in [2.05, 4.69) is 9.97 Å². The molecular formula is C8H8N4. The molecule has 0 spiro atoms. The predicted octanol–water partition coefficient (Wildman–Crippen LogP) is 0.794. The molecule has 2 aromatic heterocycles. The fourth-order valence-electron chi connectivity index (χ4n) is 1.09. The van der Waals surface area contributed by atoms with E-state index in [0.717, 1.165) is 10.9 Å². The van der Waals surface area contributed by atoms with Gasteiger partial charge in [-0.05, 0) is 18.2 Å².